The van der Waals surface area contributed by atoms with E-state index in [4.69, 9.17) is 5.11 Å². The van der Waals surface area contributed by atoms with Crippen molar-refractivity contribution in [1.82, 2.24) is 0 Å². The summed E-state index contributed by atoms with van der Waals surface area (Å²) in [6.07, 6.45) is 4.60. The van der Waals surface area contributed by atoms with Crippen LogP contribution in [0.4, 0.5) is 0 Å². The summed E-state index contributed by atoms with van der Waals surface area (Å²) in [6, 6.07) is 0. The molecule has 6 heteroatoms. The van der Waals surface area contributed by atoms with Crippen molar-refractivity contribution in [3.05, 3.63) is 0 Å². The van der Waals surface area contributed by atoms with Gasteiger partial charge in [-0.2, -0.15) is 0 Å². The van der Waals surface area contributed by atoms with Crippen LogP contribution < -0.4 is 51.4 Å². The van der Waals surface area contributed by atoms with Gasteiger partial charge in [0.2, 0.25) is 0 Å². The third kappa shape index (κ3) is 12.0. The molecule has 0 spiro atoms. The van der Waals surface area contributed by atoms with E-state index in [1.54, 1.807) is 6.92 Å². The van der Waals surface area contributed by atoms with E-state index in [1.165, 1.54) is 6.92 Å². The quantitative estimate of drug-likeness (QED) is 0.338. The Morgan fingerprint density at radius 1 is 1.06 bits per heavy atom. The second-order valence-corrected chi connectivity index (χ2v) is 5.93. The van der Waals surface area contributed by atoms with Crippen molar-refractivity contribution >= 4 is 10.1 Å². The summed E-state index contributed by atoms with van der Waals surface area (Å²) < 4.78 is 31.7. The third-order valence-corrected chi connectivity index (χ3v) is 3.70. The van der Waals surface area contributed by atoms with Crippen LogP contribution in [-0.2, 0) is 10.1 Å². The molecule has 0 aliphatic carbocycles. The maximum Gasteiger partial charge on any atom is 1.00 e. The molecule has 0 saturated heterocycles. The SMILES string of the molecule is CC(O)CCCCCCC(C)S(=O)(=O)[O-].[K+]. The molecular weight excluding hydrogens is 255 g/mol. The van der Waals surface area contributed by atoms with Gasteiger partial charge in [0.25, 0.3) is 0 Å². The molecular formula is C10H21KO4S. The van der Waals surface area contributed by atoms with E-state index in [1.807, 2.05) is 0 Å². The van der Waals surface area contributed by atoms with Crippen LogP contribution in [0.5, 0.6) is 0 Å². The molecule has 0 radical (unpaired) electrons. The first-order valence-corrected chi connectivity index (χ1v) is 6.94. The zero-order valence-corrected chi connectivity index (χ0v) is 14.4. The summed E-state index contributed by atoms with van der Waals surface area (Å²) >= 11 is 0. The maximum atomic E-state index is 10.6. The Hall–Kier alpha value is 1.51. The molecule has 1 N–H and O–H groups in total. The van der Waals surface area contributed by atoms with Crippen molar-refractivity contribution in [2.75, 3.05) is 0 Å². The second kappa shape index (κ2) is 10.4. The first kappa shape index (κ1) is 19.8. The first-order valence-electron chi connectivity index (χ1n) is 5.47. The Kier molecular flexibility index (Phi) is 12.9. The Balaban J connectivity index is 0. The van der Waals surface area contributed by atoms with Crippen LogP contribution in [0.3, 0.4) is 0 Å². The normalized spacial score (nSPS) is 15.2. The van der Waals surface area contributed by atoms with Crippen LogP contribution in [0, 0.1) is 0 Å². The van der Waals surface area contributed by atoms with E-state index in [2.05, 4.69) is 0 Å². The van der Waals surface area contributed by atoms with Gasteiger partial charge in [-0.05, 0) is 26.7 Å². The Morgan fingerprint density at radius 2 is 1.50 bits per heavy atom. The molecule has 4 nitrogen and oxygen atoms in total. The maximum absolute atomic E-state index is 10.6. The third-order valence-electron chi connectivity index (χ3n) is 2.48. The van der Waals surface area contributed by atoms with Gasteiger partial charge in [-0.25, -0.2) is 8.42 Å². The number of hydrogen-bond donors (Lipinski definition) is 1. The van der Waals surface area contributed by atoms with E-state index < -0.39 is 15.4 Å². The first-order chi connectivity index (χ1) is 6.84. The standard InChI is InChI=1S/C10H22O4S.K/c1-9(11)7-5-3-4-6-8-10(2)15(12,13)14;/h9-11H,3-8H2,1-2H3,(H,12,13,14);/q;+1/p-1. The number of aliphatic hydroxyl groups is 1. The van der Waals surface area contributed by atoms with E-state index in [0.29, 0.717) is 6.42 Å². The van der Waals surface area contributed by atoms with Crippen molar-refractivity contribution in [1.29, 1.82) is 0 Å². The van der Waals surface area contributed by atoms with Gasteiger partial charge in [-0.1, -0.05) is 25.7 Å². The van der Waals surface area contributed by atoms with Crippen LogP contribution in [0.25, 0.3) is 0 Å². The van der Waals surface area contributed by atoms with E-state index in [9.17, 15) is 13.0 Å². The second-order valence-electron chi connectivity index (χ2n) is 4.14. The van der Waals surface area contributed by atoms with Crippen LogP contribution in [0.15, 0.2) is 0 Å². The van der Waals surface area contributed by atoms with E-state index >= 15 is 0 Å². The van der Waals surface area contributed by atoms with Crippen LogP contribution in [-0.4, -0.2) is 29.4 Å². The average molecular weight is 276 g/mol. The average Bonchev–Trinajstić information content (AvgIpc) is 2.08. The topological polar surface area (TPSA) is 77.4 Å². The molecule has 0 fully saturated rings. The number of aliphatic hydroxyl groups excluding tert-OH is 1. The number of hydrogen-bond acceptors (Lipinski definition) is 4. The minimum Gasteiger partial charge on any atom is -0.748 e. The van der Waals surface area contributed by atoms with E-state index in [0.717, 1.165) is 32.1 Å². The molecule has 0 aliphatic rings. The molecule has 0 rings (SSSR count). The van der Waals surface area contributed by atoms with Crippen molar-refractivity contribution in [3.63, 3.8) is 0 Å². The van der Waals surface area contributed by atoms with Crippen LogP contribution >= 0.6 is 0 Å². The fraction of sp³-hybridized carbons (Fsp3) is 1.00. The fourth-order valence-electron chi connectivity index (χ4n) is 1.37. The van der Waals surface area contributed by atoms with Crippen molar-refractivity contribution in [2.45, 2.75) is 63.7 Å². The van der Waals surface area contributed by atoms with Gasteiger partial charge in [-0.15, -0.1) is 0 Å². The summed E-state index contributed by atoms with van der Waals surface area (Å²) in [7, 11) is -4.10. The van der Waals surface area contributed by atoms with Gasteiger partial charge < -0.3 is 9.66 Å². The zero-order chi connectivity index (χ0) is 11.9. The molecule has 0 aromatic rings. The van der Waals surface area contributed by atoms with Gasteiger partial charge in [0.05, 0.1) is 16.2 Å². The predicted molar refractivity (Wildman–Crippen MR) is 58.5 cm³/mol. The molecule has 0 aromatic carbocycles. The Labute approximate surface area is 141 Å². The fourth-order valence-corrected chi connectivity index (χ4v) is 1.82. The molecule has 0 bridgehead atoms. The summed E-state index contributed by atoms with van der Waals surface area (Å²) in [4.78, 5) is 0. The summed E-state index contributed by atoms with van der Waals surface area (Å²) in [6.45, 7) is 3.21. The predicted octanol–water partition coefficient (Wildman–Crippen LogP) is -1.35. The molecule has 0 amide bonds. The largest absolute Gasteiger partial charge is 1.00 e. The Morgan fingerprint density at radius 3 is 1.88 bits per heavy atom. The van der Waals surface area contributed by atoms with Gasteiger partial charge in [0, 0.05) is 5.25 Å². The van der Waals surface area contributed by atoms with Gasteiger partial charge >= 0.3 is 51.4 Å². The van der Waals surface area contributed by atoms with Crippen LogP contribution in [0.2, 0.25) is 0 Å². The van der Waals surface area contributed by atoms with Crippen molar-refractivity contribution in [2.24, 2.45) is 0 Å². The molecule has 0 saturated carbocycles. The molecule has 0 heterocycles. The van der Waals surface area contributed by atoms with E-state index in [-0.39, 0.29) is 57.5 Å². The van der Waals surface area contributed by atoms with Crippen molar-refractivity contribution in [3.8, 4) is 0 Å². The minimum atomic E-state index is -4.10. The zero-order valence-electron chi connectivity index (χ0n) is 10.5. The molecule has 0 aliphatic heterocycles. The Bertz CT molecular complexity index is 252. The van der Waals surface area contributed by atoms with Crippen molar-refractivity contribution < 1.29 is 69.5 Å². The summed E-state index contributed by atoms with van der Waals surface area (Å²) in [5.41, 5.74) is 0. The number of unbranched alkanes of at least 4 members (excludes halogenated alkanes) is 3. The molecule has 16 heavy (non-hydrogen) atoms. The summed E-state index contributed by atoms with van der Waals surface area (Å²) in [5, 5.41) is 8.21. The van der Waals surface area contributed by atoms with Gasteiger partial charge in [0.1, 0.15) is 0 Å². The molecule has 0 aromatic heterocycles. The smallest absolute Gasteiger partial charge is 0.748 e. The molecule has 92 valence electrons. The van der Waals surface area contributed by atoms with Crippen LogP contribution in [0.1, 0.15) is 52.4 Å². The van der Waals surface area contributed by atoms with Gasteiger partial charge in [-0.3, -0.25) is 0 Å². The molecule has 2 atom stereocenters. The minimum absolute atomic E-state index is 0. The number of rotatable bonds is 8. The monoisotopic (exact) mass is 276 g/mol. The molecule has 2 unspecified atom stereocenters. The summed E-state index contributed by atoms with van der Waals surface area (Å²) in [5.74, 6) is 0. The van der Waals surface area contributed by atoms with Gasteiger partial charge in [0.15, 0.2) is 0 Å².